The van der Waals surface area contributed by atoms with Gasteiger partial charge in [-0.15, -0.1) is 5.10 Å². The first kappa shape index (κ1) is 18.5. The normalized spacial score (nSPS) is 22.2. The molecule has 2 amide bonds. The quantitative estimate of drug-likeness (QED) is 0.774. The average Bonchev–Trinajstić information content (AvgIpc) is 3.46. The van der Waals surface area contributed by atoms with Crippen molar-refractivity contribution in [2.75, 3.05) is 26.2 Å². The van der Waals surface area contributed by atoms with Gasteiger partial charge in [-0.3, -0.25) is 9.59 Å². The fourth-order valence-electron chi connectivity index (χ4n) is 3.94. The Morgan fingerprint density at radius 2 is 2.18 bits per heavy atom. The first-order valence-corrected chi connectivity index (χ1v) is 9.84. The molecule has 0 spiro atoms. The Morgan fingerprint density at radius 1 is 1.25 bits per heavy atom. The highest BCUT2D eigenvalue weighted by molar-refractivity contribution is 5.94. The largest absolute Gasteiger partial charge is 0.354 e. The van der Waals surface area contributed by atoms with Crippen LogP contribution >= 0.6 is 0 Å². The maximum atomic E-state index is 13.0. The van der Waals surface area contributed by atoms with E-state index >= 15 is 0 Å². The molecule has 1 aromatic heterocycles. The molecule has 1 aromatic carbocycles. The molecule has 2 aliphatic heterocycles. The minimum Gasteiger partial charge on any atom is -0.354 e. The summed E-state index contributed by atoms with van der Waals surface area (Å²) >= 11 is 0. The number of piperidine rings is 1. The van der Waals surface area contributed by atoms with Crippen molar-refractivity contribution in [3.8, 4) is 5.69 Å². The fraction of sp³-hybridized carbons (Fsp3) is 0.526. The molecule has 2 aromatic rings. The van der Waals surface area contributed by atoms with E-state index in [1.807, 2.05) is 23.1 Å². The summed E-state index contributed by atoms with van der Waals surface area (Å²) < 4.78 is 1.53. The van der Waals surface area contributed by atoms with E-state index in [2.05, 4.69) is 26.2 Å². The molecule has 0 saturated carbocycles. The molecule has 2 unspecified atom stereocenters. The number of hydrogen-bond acceptors (Lipinski definition) is 6. The van der Waals surface area contributed by atoms with Gasteiger partial charge in [-0.2, -0.15) is 0 Å². The van der Waals surface area contributed by atoms with Gasteiger partial charge in [0.2, 0.25) is 5.91 Å². The SMILES string of the molecule is O=C(NCC1CCCN(C(=O)c2cccc(-n3cnnn3)c2)C1)C1CCCN1. The standard InChI is InChI=1S/C19H25N7O2/c27-18(17-7-2-8-20-17)21-11-14-4-3-9-25(12-14)19(28)15-5-1-6-16(10-15)26-13-22-23-24-26/h1,5-6,10,13-14,17,20H,2-4,7-9,11-12H2,(H,21,27). The van der Waals surface area contributed by atoms with Gasteiger partial charge >= 0.3 is 0 Å². The molecule has 0 radical (unpaired) electrons. The van der Waals surface area contributed by atoms with Crippen LogP contribution in [0, 0.1) is 5.92 Å². The highest BCUT2D eigenvalue weighted by Gasteiger charge is 2.27. The summed E-state index contributed by atoms with van der Waals surface area (Å²) in [5.41, 5.74) is 1.37. The summed E-state index contributed by atoms with van der Waals surface area (Å²) in [6, 6.07) is 7.25. The fourth-order valence-corrected chi connectivity index (χ4v) is 3.94. The van der Waals surface area contributed by atoms with Crippen molar-refractivity contribution in [2.45, 2.75) is 31.7 Å². The van der Waals surface area contributed by atoms with Gasteiger partial charge < -0.3 is 15.5 Å². The Hall–Kier alpha value is -2.81. The Kier molecular flexibility index (Phi) is 5.61. The minimum absolute atomic E-state index is 0.00316. The number of benzene rings is 1. The second kappa shape index (κ2) is 8.47. The molecular weight excluding hydrogens is 358 g/mol. The minimum atomic E-state index is -0.0599. The molecule has 0 aliphatic carbocycles. The molecule has 28 heavy (non-hydrogen) atoms. The van der Waals surface area contributed by atoms with E-state index in [1.165, 1.54) is 11.0 Å². The third kappa shape index (κ3) is 4.19. The van der Waals surface area contributed by atoms with Crippen LogP contribution < -0.4 is 10.6 Å². The number of likely N-dealkylation sites (tertiary alicyclic amines) is 1. The maximum absolute atomic E-state index is 13.0. The second-order valence-electron chi connectivity index (χ2n) is 7.46. The van der Waals surface area contributed by atoms with Crippen LogP contribution in [0.15, 0.2) is 30.6 Å². The van der Waals surface area contributed by atoms with E-state index in [9.17, 15) is 9.59 Å². The molecule has 2 aliphatic rings. The zero-order chi connectivity index (χ0) is 19.3. The first-order chi connectivity index (χ1) is 13.7. The number of nitrogens with one attached hydrogen (secondary N) is 2. The lowest BCUT2D eigenvalue weighted by atomic mass is 9.97. The number of rotatable bonds is 5. The van der Waals surface area contributed by atoms with E-state index in [0.717, 1.165) is 44.5 Å². The van der Waals surface area contributed by atoms with Crippen LogP contribution in [0.25, 0.3) is 5.69 Å². The highest BCUT2D eigenvalue weighted by Crippen LogP contribution is 2.19. The molecule has 9 heteroatoms. The predicted octanol–water partition coefficient (Wildman–Crippen LogP) is 0.383. The van der Waals surface area contributed by atoms with Crippen molar-refractivity contribution in [3.63, 3.8) is 0 Å². The molecule has 2 fully saturated rings. The number of nitrogens with zero attached hydrogens (tertiary/aromatic N) is 5. The van der Waals surface area contributed by atoms with Gasteiger partial charge in [-0.1, -0.05) is 6.07 Å². The van der Waals surface area contributed by atoms with Crippen molar-refractivity contribution >= 4 is 11.8 Å². The number of carbonyl (C=O) groups is 2. The van der Waals surface area contributed by atoms with Crippen molar-refractivity contribution in [3.05, 3.63) is 36.2 Å². The first-order valence-electron chi connectivity index (χ1n) is 9.84. The number of amides is 2. The summed E-state index contributed by atoms with van der Waals surface area (Å²) in [6.45, 7) is 2.92. The Morgan fingerprint density at radius 3 is 2.96 bits per heavy atom. The van der Waals surface area contributed by atoms with E-state index in [1.54, 1.807) is 6.07 Å². The van der Waals surface area contributed by atoms with E-state index in [-0.39, 0.29) is 23.8 Å². The molecule has 2 atom stereocenters. The molecule has 4 rings (SSSR count). The van der Waals surface area contributed by atoms with Gasteiger partial charge in [-0.25, -0.2) is 4.68 Å². The molecule has 2 saturated heterocycles. The lowest BCUT2D eigenvalue weighted by Crippen LogP contribution is -2.46. The summed E-state index contributed by atoms with van der Waals surface area (Å²) in [4.78, 5) is 27.1. The molecule has 148 valence electrons. The Balaban J connectivity index is 1.35. The van der Waals surface area contributed by atoms with Crippen molar-refractivity contribution in [1.82, 2.24) is 35.7 Å². The van der Waals surface area contributed by atoms with E-state index in [4.69, 9.17) is 0 Å². The molecule has 9 nitrogen and oxygen atoms in total. The number of aromatic nitrogens is 4. The monoisotopic (exact) mass is 383 g/mol. The smallest absolute Gasteiger partial charge is 0.253 e. The van der Waals surface area contributed by atoms with Crippen LogP contribution in [0.1, 0.15) is 36.0 Å². The van der Waals surface area contributed by atoms with Crippen LogP contribution in [-0.2, 0) is 4.79 Å². The van der Waals surface area contributed by atoms with Gasteiger partial charge in [0, 0.05) is 25.2 Å². The number of hydrogen-bond donors (Lipinski definition) is 2. The topological polar surface area (TPSA) is 105 Å². The van der Waals surface area contributed by atoms with Crippen molar-refractivity contribution in [1.29, 1.82) is 0 Å². The van der Waals surface area contributed by atoms with Gasteiger partial charge in [0.05, 0.1) is 11.7 Å². The Labute approximate surface area is 163 Å². The summed E-state index contributed by atoms with van der Waals surface area (Å²) in [6.07, 6.45) is 5.42. The molecular formula is C19H25N7O2. The highest BCUT2D eigenvalue weighted by atomic mass is 16.2. The van der Waals surface area contributed by atoms with Crippen LogP contribution in [0.3, 0.4) is 0 Å². The molecule has 0 bridgehead atoms. The van der Waals surface area contributed by atoms with E-state index in [0.29, 0.717) is 18.7 Å². The van der Waals surface area contributed by atoms with Gasteiger partial charge in [0.25, 0.3) is 5.91 Å². The average molecular weight is 383 g/mol. The van der Waals surface area contributed by atoms with Crippen LogP contribution in [0.5, 0.6) is 0 Å². The lowest BCUT2D eigenvalue weighted by molar-refractivity contribution is -0.123. The zero-order valence-corrected chi connectivity index (χ0v) is 15.8. The Bertz CT molecular complexity index is 817. The third-order valence-electron chi connectivity index (χ3n) is 5.45. The number of tetrazole rings is 1. The van der Waals surface area contributed by atoms with Gasteiger partial charge in [0.15, 0.2) is 0 Å². The zero-order valence-electron chi connectivity index (χ0n) is 15.8. The predicted molar refractivity (Wildman–Crippen MR) is 102 cm³/mol. The number of carbonyl (C=O) groups excluding carboxylic acids is 2. The molecule has 3 heterocycles. The summed E-state index contributed by atoms with van der Waals surface area (Å²) in [7, 11) is 0. The van der Waals surface area contributed by atoms with Crippen LogP contribution in [-0.4, -0.2) is 69.1 Å². The van der Waals surface area contributed by atoms with Crippen LogP contribution in [0.2, 0.25) is 0 Å². The van der Waals surface area contributed by atoms with Crippen molar-refractivity contribution in [2.24, 2.45) is 5.92 Å². The second-order valence-corrected chi connectivity index (χ2v) is 7.46. The van der Waals surface area contributed by atoms with E-state index < -0.39 is 0 Å². The lowest BCUT2D eigenvalue weighted by Gasteiger charge is -2.33. The summed E-state index contributed by atoms with van der Waals surface area (Å²) in [5.74, 6) is 0.365. The van der Waals surface area contributed by atoms with Crippen molar-refractivity contribution < 1.29 is 9.59 Å². The van der Waals surface area contributed by atoms with Gasteiger partial charge in [-0.05, 0) is 66.8 Å². The summed E-state index contributed by atoms with van der Waals surface area (Å²) in [5, 5.41) is 17.4. The van der Waals surface area contributed by atoms with Gasteiger partial charge in [0.1, 0.15) is 6.33 Å². The molecule has 2 N–H and O–H groups in total. The maximum Gasteiger partial charge on any atom is 0.253 e. The van der Waals surface area contributed by atoms with Crippen LogP contribution in [0.4, 0.5) is 0 Å². The third-order valence-corrected chi connectivity index (χ3v) is 5.45.